The minimum absolute atomic E-state index is 0.822. The van der Waals surface area contributed by atoms with Gasteiger partial charge in [0.1, 0.15) is 110 Å². The number of rotatable bonds is 17. The molecule has 388 valence electrons. The van der Waals surface area contributed by atoms with Gasteiger partial charge in [0, 0.05) is 20.3 Å². The second-order valence-electron chi connectivity index (χ2n) is 16.8. The van der Waals surface area contributed by atoms with Crippen LogP contribution < -0.4 is 10.6 Å². The van der Waals surface area contributed by atoms with Crippen molar-refractivity contribution in [3.63, 3.8) is 0 Å². The van der Waals surface area contributed by atoms with Crippen LogP contribution in [0, 0.1) is 0 Å². The molecule has 5 saturated heterocycles. The molecule has 0 radical (unpaired) electrons. The first-order valence-corrected chi connectivity index (χ1v) is 21.1. The molecule has 5 aliphatic heterocycles. The number of nitrogens with one attached hydrogen (secondary N) is 2. The van der Waals surface area contributed by atoms with Crippen molar-refractivity contribution in [1.82, 2.24) is 10.6 Å². The van der Waals surface area contributed by atoms with E-state index in [0.29, 0.717) is 0 Å². The van der Waals surface area contributed by atoms with Crippen LogP contribution in [0.4, 0.5) is 0 Å². The Kier molecular flexibility index (Phi) is 19.1. The summed E-state index contributed by atoms with van der Waals surface area (Å²) in [6.07, 6.45) is -46.8. The number of aliphatic carboxylic acids is 1. The van der Waals surface area contributed by atoms with Gasteiger partial charge in [-0.05, 0) is 6.92 Å². The number of hydrogen-bond donors (Lipinski definition) is 18. The molecule has 1 unspecified atom stereocenters. The van der Waals surface area contributed by atoms with Gasteiger partial charge < -0.3 is 135 Å². The Balaban J connectivity index is 1.57. The van der Waals surface area contributed by atoms with Gasteiger partial charge in [0.05, 0.1) is 44.7 Å². The van der Waals surface area contributed by atoms with Crippen molar-refractivity contribution < 1.29 is 139 Å². The quantitative estimate of drug-likeness (QED) is 0.0643. The van der Waals surface area contributed by atoms with Crippen molar-refractivity contribution in [3.8, 4) is 0 Å². The zero-order chi connectivity index (χ0) is 50.0. The Morgan fingerprint density at radius 1 is 0.612 bits per heavy atom. The molecular weight excluding hydrogens is 920 g/mol. The minimum Gasteiger partial charge on any atom is -0.477 e. The summed E-state index contributed by atoms with van der Waals surface area (Å²) in [5, 5.41) is 175. The fourth-order valence-electron chi connectivity index (χ4n) is 8.47. The first kappa shape index (κ1) is 55.4. The smallest absolute Gasteiger partial charge is 0.364 e. The van der Waals surface area contributed by atoms with Crippen molar-refractivity contribution in [2.24, 2.45) is 0 Å². The summed E-state index contributed by atoms with van der Waals surface area (Å²) >= 11 is 0. The van der Waals surface area contributed by atoms with Gasteiger partial charge in [0.2, 0.25) is 11.8 Å². The molecule has 0 aromatic rings. The predicted molar refractivity (Wildman–Crippen MR) is 206 cm³/mol. The summed E-state index contributed by atoms with van der Waals surface area (Å²) in [5.74, 6) is -7.03. The second-order valence-corrected chi connectivity index (χ2v) is 16.8. The van der Waals surface area contributed by atoms with E-state index in [9.17, 15) is 96.1 Å². The summed E-state index contributed by atoms with van der Waals surface area (Å²) in [7, 11) is 0. The highest BCUT2D eigenvalue weighted by atomic mass is 16.8. The first-order chi connectivity index (χ1) is 31.4. The third-order valence-electron chi connectivity index (χ3n) is 12.1. The van der Waals surface area contributed by atoms with Crippen LogP contribution >= 0.6 is 0 Å². The van der Waals surface area contributed by atoms with E-state index in [0.717, 1.165) is 13.8 Å². The number of carbonyl (C=O) groups is 3. The number of aliphatic hydroxyl groups is 15. The number of hydrogen-bond acceptors (Lipinski definition) is 27. The summed E-state index contributed by atoms with van der Waals surface area (Å²) in [6, 6.07) is -3.53. The van der Waals surface area contributed by atoms with E-state index in [4.69, 9.17) is 42.6 Å². The number of carboxylic acids is 1. The highest BCUT2D eigenvalue weighted by Crippen LogP contribution is 2.40. The monoisotopic (exact) mass is 982 g/mol. The Hall–Kier alpha value is -2.55. The molecule has 0 saturated carbocycles. The van der Waals surface area contributed by atoms with Crippen molar-refractivity contribution in [1.29, 1.82) is 0 Å². The van der Waals surface area contributed by atoms with Gasteiger partial charge in [-0.15, -0.1) is 0 Å². The summed E-state index contributed by atoms with van der Waals surface area (Å²) < 4.78 is 51.7. The maximum Gasteiger partial charge on any atom is 0.364 e. The molecule has 30 nitrogen and oxygen atoms in total. The molecule has 0 bridgehead atoms. The normalized spacial score (nSPS) is 47.1. The molecule has 0 aromatic carbocycles. The van der Waals surface area contributed by atoms with Crippen LogP contribution in [0.1, 0.15) is 27.2 Å². The molecule has 0 aliphatic carbocycles. The topological polar surface area (TPSA) is 482 Å². The fourth-order valence-corrected chi connectivity index (χ4v) is 8.47. The van der Waals surface area contributed by atoms with Crippen molar-refractivity contribution in [3.05, 3.63) is 0 Å². The Labute approximate surface area is 379 Å². The van der Waals surface area contributed by atoms with Gasteiger partial charge in [0.25, 0.3) is 5.79 Å². The van der Waals surface area contributed by atoms with Crippen molar-refractivity contribution in [2.45, 2.75) is 186 Å². The van der Waals surface area contributed by atoms with Crippen LogP contribution in [0.15, 0.2) is 0 Å². The number of aliphatic hydroxyl groups excluding tert-OH is 15. The van der Waals surface area contributed by atoms with E-state index in [-0.39, 0.29) is 0 Å². The van der Waals surface area contributed by atoms with E-state index in [2.05, 4.69) is 10.6 Å². The predicted octanol–water partition coefficient (Wildman–Crippen LogP) is -11.4. The lowest BCUT2D eigenvalue weighted by atomic mass is 9.88. The molecule has 5 heterocycles. The molecule has 5 aliphatic rings. The van der Waals surface area contributed by atoms with Crippen LogP contribution in [0.3, 0.4) is 0 Å². The number of carbonyl (C=O) groups excluding carboxylic acids is 2. The third-order valence-corrected chi connectivity index (χ3v) is 12.1. The van der Waals surface area contributed by atoms with Gasteiger partial charge in [-0.25, -0.2) is 4.79 Å². The van der Waals surface area contributed by atoms with E-state index in [1.165, 1.54) is 6.92 Å². The zero-order valence-corrected chi connectivity index (χ0v) is 36.0. The molecule has 26 atom stereocenters. The number of carboxylic acid groups (broad SMARTS) is 1. The highest BCUT2D eigenvalue weighted by Gasteiger charge is 2.61. The fraction of sp³-hybridized carbons (Fsp3) is 0.919. The number of amides is 2. The van der Waals surface area contributed by atoms with E-state index in [1.807, 2.05) is 0 Å². The van der Waals surface area contributed by atoms with Gasteiger partial charge in [-0.2, -0.15) is 0 Å². The SMILES string of the molecule is CC(=O)N[C@H]1[C@H](O[C@H]2[C@@H](O)[C@@H](CO)OC(O)[C@@H]2O)O[C@H](CO)[C@@H](O[C@@H]2O[C@@H](C)[C@@H](O)[C@@H](O)[C@@H]2O)[C@@H]1O[C@@H]1O[C@H](CO)[C@H](O)[C@H](O[C@]2(C(=O)O)C[C@H](O)[C@@H](NC(C)=O)[C@H]([C@H](O)[C@H](O)CO)O2)[C@H]1O. The third kappa shape index (κ3) is 11.8. The average Bonchev–Trinajstić information content (AvgIpc) is 3.28. The largest absolute Gasteiger partial charge is 0.477 e. The molecule has 5 rings (SSSR count). The van der Waals surface area contributed by atoms with Gasteiger partial charge >= 0.3 is 5.97 Å². The molecular formula is C37H62N2O28. The maximum atomic E-state index is 13.1. The lowest BCUT2D eigenvalue weighted by Crippen LogP contribution is -2.72. The summed E-state index contributed by atoms with van der Waals surface area (Å²) in [4.78, 5) is 38.0. The Morgan fingerprint density at radius 2 is 1.13 bits per heavy atom. The summed E-state index contributed by atoms with van der Waals surface area (Å²) in [5.41, 5.74) is 0. The zero-order valence-electron chi connectivity index (χ0n) is 36.0. The van der Waals surface area contributed by atoms with Crippen LogP contribution in [0.25, 0.3) is 0 Å². The highest BCUT2D eigenvalue weighted by molar-refractivity contribution is 5.76. The number of ether oxygens (including phenoxy) is 9. The lowest BCUT2D eigenvalue weighted by Gasteiger charge is -2.52. The van der Waals surface area contributed by atoms with E-state index in [1.54, 1.807) is 0 Å². The van der Waals surface area contributed by atoms with Crippen LogP contribution in [-0.4, -0.2) is 285 Å². The second kappa shape index (κ2) is 23.1. The molecule has 67 heavy (non-hydrogen) atoms. The van der Waals surface area contributed by atoms with Crippen LogP contribution in [0.2, 0.25) is 0 Å². The Morgan fingerprint density at radius 3 is 1.70 bits per heavy atom. The molecule has 30 heteroatoms. The molecule has 2 amide bonds. The maximum absolute atomic E-state index is 13.1. The molecule has 18 N–H and O–H groups in total. The first-order valence-electron chi connectivity index (χ1n) is 21.1. The summed E-state index contributed by atoms with van der Waals surface area (Å²) in [6.45, 7) is -1.03. The molecule has 0 aromatic heterocycles. The standard InChI is InChI=1S/C37H62N2O28/c1-9-19(48)23(52)24(53)34(59-9)63-27-16(8-43)62-33(65-30-21(50)14(6-41)60-32(56)25(30)54)18(39-11(3)45)29(27)64-35-26(55)31(22(51)15(7-42)61-35)67-37(36(57)58)4-12(46)17(38-10(2)44)28(66-37)20(49)13(47)5-40/h9,12-35,40-43,46-56H,4-8H2,1-3H3,(H,38,44)(H,39,45)(H,57,58)/t9-,12-,13+,14+,15+,16+,17+,18+,19+,20+,21-,22-,23+,24-,25+,26+,27+,28+,29+,30-,31-,32?,33-,34-,35-,37-/m0/s1. The van der Waals surface area contributed by atoms with Gasteiger partial charge in [0.15, 0.2) is 25.2 Å². The molecule has 5 fully saturated rings. The molecule has 0 spiro atoms. The van der Waals surface area contributed by atoms with E-state index < -0.39 is 210 Å². The minimum atomic E-state index is -3.22. The van der Waals surface area contributed by atoms with Crippen molar-refractivity contribution in [2.75, 3.05) is 26.4 Å². The van der Waals surface area contributed by atoms with Crippen LogP contribution in [0.5, 0.6) is 0 Å². The Bertz CT molecular complexity index is 1640. The van der Waals surface area contributed by atoms with Gasteiger partial charge in [-0.1, -0.05) is 0 Å². The van der Waals surface area contributed by atoms with E-state index >= 15 is 0 Å². The van der Waals surface area contributed by atoms with Crippen LogP contribution in [-0.2, 0) is 57.0 Å². The lowest BCUT2D eigenvalue weighted by molar-refractivity contribution is -0.395. The van der Waals surface area contributed by atoms with Gasteiger partial charge in [-0.3, -0.25) is 9.59 Å². The van der Waals surface area contributed by atoms with Crippen molar-refractivity contribution >= 4 is 17.8 Å². The average molecular weight is 983 g/mol.